The molecule has 0 saturated heterocycles. The summed E-state index contributed by atoms with van der Waals surface area (Å²) in [5, 5.41) is 9.49. The number of hydrogen-bond acceptors (Lipinski definition) is 6. The molecular weight excluding hydrogens is 231 g/mol. The van der Waals surface area contributed by atoms with Crippen LogP contribution in [0, 0.1) is 5.82 Å². The molecule has 1 aromatic carbocycles. The number of hydrazine groups is 2. The van der Waals surface area contributed by atoms with Crippen molar-refractivity contribution >= 4 is 12.1 Å². The Labute approximate surface area is 97.6 Å². The fourth-order valence-corrected chi connectivity index (χ4v) is 1.09. The number of nitrogens with one attached hydrogen (secondary N) is 1. The van der Waals surface area contributed by atoms with E-state index in [0.717, 1.165) is 0 Å². The van der Waals surface area contributed by atoms with Crippen LogP contribution < -0.4 is 22.1 Å². The van der Waals surface area contributed by atoms with Gasteiger partial charge >= 0.3 is 0 Å². The van der Waals surface area contributed by atoms with Crippen molar-refractivity contribution in [1.82, 2.24) is 5.43 Å². The first-order valence-corrected chi connectivity index (χ1v) is 4.50. The predicted molar refractivity (Wildman–Crippen MR) is 59.8 cm³/mol. The maximum atomic E-state index is 13.1. The first-order chi connectivity index (χ1) is 8.08. The molecule has 1 aromatic rings. The SMILES string of the molecule is CN(N)c1cccc(F)c1COO.NNC=O. The molecule has 0 radical (unpaired) electrons. The van der Waals surface area contributed by atoms with E-state index in [1.54, 1.807) is 18.5 Å². The maximum Gasteiger partial charge on any atom is 0.221 e. The summed E-state index contributed by atoms with van der Waals surface area (Å²) in [6, 6.07) is 4.45. The Kier molecular flexibility index (Phi) is 7.55. The van der Waals surface area contributed by atoms with E-state index in [2.05, 4.69) is 10.7 Å². The van der Waals surface area contributed by atoms with Crippen molar-refractivity contribution in [3.8, 4) is 0 Å². The van der Waals surface area contributed by atoms with Crippen LogP contribution in [0.5, 0.6) is 0 Å². The second-order valence-corrected chi connectivity index (χ2v) is 2.91. The van der Waals surface area contributed by atoms with Gasteiger partial charge in [0.05, 0.1) is 5.69 Å². The van der Waals surface area contributed by atoms with Crippen LogP contribution in [0.25, 0.3) is 0 Å². The second-order valence-electron chi connectivity index (χ2n) is 2.91. The number of anilines is 1. The van der Waals surface area contributed by atoms with Crippen LogP contribution in [-0.2, 0) is 16.3 Å². The highest BCUT2D eigenvalue weighted by Gasteiger charge is 2.09. The quantitative estimate of drug-likeness (QED) is 0.191. The minimum atomic E-state index is -0.455. The standard InChI is InChI=1S/C8H11FN2O2.CH4N2O/c1-11(10)8-4-2-3-7(9)6(8)5-13-12;2-3-1-4/h2-4,12H,5,10H2,1H3;1H,2H2,(H,3,4). The molecule has 0 bridgehead atoms. The molecule has 17 heavy (non-hydrogen) atoms. The van der Waals surface area contributed by atoms with Gasteiger partial charge in [-0.15, -0.1) is 0 Å². The summed E-state index contributed by atoms with van der Waals surface area (Å²) in [6.07, 6.45) is 0.403. The minimum absolute atomic E-state index is 0.219. The lowest BCUT2D eigenvalue weighted by atomic mass is 10.2. The van der Waals surface area contributed by atoms with Gasteiger partial charge in [0, 0.05) is 12.6 Å². The third-order valence-corrected chi connectivity index (χ3v) is 1.75. The Morgan fingerprint density at radius 3 is 2.65 bits per heavy atom. The van der Waals surface area contributed by atoms with Crippen molar-refractivity contribution in [2.24, 2.45) is 11.7 Å². The lowest BCUT2D eigenvalue weighted by Crippen LogP contribution is -2.26. The predicted octanol–water partition coefficient (Wildman–Crippen LogP) is -0.269. The average Bonchev–Trinajstić information content (AvgIpc) is 2.32. The fourth-order valence-electron chi connectivity index (χ4n) is 1.09. The summed E-state index contributed by atoms with van der Waals surface area (Å²) in [5.41, 5.74) is 2.46. The van der Waals surface area contributed by atoms with E-state index >= 15 is 0 Å². The van der Waals surface area contributed by atoms with Crippen molar-refractivity contribution in [2.45, 2.75) is 6.61 Å². The molecule has 0 aliphatic heterocycles. The van der Waals surface area contributed by atoms with Crippen LogP contribution >= 0.6 is 0 Å². The van der Waals surface area contributed by atoms with E-state index in [0.29, 0.717) is 12.1 Å². The third kappa shape index (κ3) is 5.22. The van der Waals surface area contributed by atoms with Gasteiger partial charge in [0.15, 0.2) is 0 Å². The van der Waals surface area contributed by atoms with E-state index in [9.17, 15) is 4.39 Å². The molecule has 0 spiro atoms. The Bertz CT molecular complexity index is 349. The summed E-state index contributed by atoms with van der Waals surface area (Å²) < 4.78 is 13.1. The van der Waals surface area contributed by atoms with Crippen LogP contribution in [0.4, 0.5) is 10.1 Å². The lowest BCUT2D eigenvalue weighted by Gasteiger charge is -2.16. The van der Waals surface area contributed by atoms with Crippen molar-refractivity contribution < 1.29 is 19.3 Å². The Hall–Kier alpha value is -1.74. The highest BCUT2D eigenvalue weighted by Crippen LogP contribution is 2.20. The van der Waals surface area contributed by atoms with Crippen molar-refractivity contribution in [3.05, 3.63) is 29.6 Å². The van der Waals surface area contributed by atoms with Gasteiger partial charge in [-0.2, -0.15) is 0 Å². The lowest BCUT2D eigenvalue weighted by molar-refractivity contribution is -0.253. The first-order valence-electron chi connectivity index (χ1n) is 4.50. The molecule has 0 aliphatic rings. The molecule has 0 aliphatic carbocycles. The van der Waals surface area contributed by atoms with Gasteiger partial charge in [-0.05, 0) is 12.1 Å². The number of benzene rings is 1. The van der Waals surface area contributed by atoms with Crippen LogP contribution in [-0.4, -0.2) is 18.7 Å². The number of rotatable bonds is 4. The average molecular weight is 246 g/mol. The first kappa shape index (κ1) is 15.3. The molecule has 8 heteroatoms. The molecule has 7 nitrogen and oxygen atoms in total. The second kappa shape index (κ2) is 8.42. The monoisotopic (exact) mass is 246 g/mol. The molecule has 0 unspecified atom stereocenters. The molecular formula is C9H15FN4O3. The molecule has 96 valence electrons. The molecule has 6 N–H and O–H groups in total. The summed E-state index contributed by atoms with van der Waals surface area (Å²) in [7, 11) is 1.58. The van der Waals surface area contributed by atoms with Gasteiger partial charge in [-0.25, -0.2) is 21.0 Å². The normalized spacial score (nSPS) is 9.00. The molecule has 0 saturated carbocycles. The van der Waals surface area contributed by atoms with Crippen molar-refractivity contribution in [2.75, 3.05) is 12.1 Å². The van der Waals surface area contributed by atoms with Gasteiger partial charge in [0.2, 0.25) is 6.41 Å². The van der Waals surface area contributed by atoms with Crippen LogP contribution in [0.15, 0.2) is 18.2 Å². The van der Waals surface area contributed by atoms with Crippen molar-refractivity contribution in [3.63, 3.8) is 0 Å². The maximum absolute atomic E-state index is 13.1. The highest BCUT2D eigenvalue weighted by molar-refractivity contribution is 5.52. The number of nitrogens with two attached hydrogens (primary N) is 2. The van der Waals surface area contributed by atoms with Crippen molar-refractivity contribution in [1.29, 1.82) is 0 Å². The van der Waals surface area contributed by atoms with Gasteiger partial charge in [0.25, 0.3) is 0 Å². The summed E-state index contributed by atoms with van der Waals surface area (Å²) >= 11 is 0. The van der Waals surface area contributed by atoms with E-state index in [1.165, 1.54) is 17.1 Å². The van der Waals surface area contributed by atoms with Crippen LogP contribution in [0.2, 0.25) is 0 Å². The van der Waals surface area contributed by atoms with Gasteiger partial charge in [-0.3, -0.25) is 15.5 Å². The number of amides is 1. The smallest absolute Gasteiger partial charge is 0.221 e. The van der Waals surface area contributed by atoms with E-state index in [4.69, 9.17) is 15.9 Å². The van der Waals surface area contributed by atoms with Gasteiger partial charge in [0.1, 0.15) is 12.4 Å². The van der Waals surface area contributed by atoms with Crippen LogP contribution in [0.3, 0.4) is 0 Å². The molecule has 0 atom stereocenters. The summed E-state index contributed by atoms with van der Waals surface area (Å²) in [6.45, 7) is -0.219. The van der Waals surface area contributed by atoms with E-state index < -0.39 is 5.82 Å². The molecule has 1 amide bonds. The number of nitrogens with zero attached hydrogens (tertiary/aromatic N) is 1. The number of hydrogen-bond donors (Lipinski definition) is 4. The number of carbonyl (C=O) groups is 1. The Morgan fingerprint density at radius 2 is 2.24 bits per heavy atom. The number of carbonyl (C=O) groups excluding carboxylic acids is 1. The zero-order chi connectivity index (χ0) is 13.3. The zero-order valence-corrected chi connectivity index (χ0v) is 9.26. The summed E-state index contributed by atoms with van der Waals surface area (Å²) in [5.74, 6) is 9.40. The summed E-state index contributed by atoms with van der Waals surface area (Å²) in [4.78, 5) is 12.8. The van der Waals surface area contributed by atoms with E-state index in [-0.39, 0.29) is 12.2 Å². The van der Waals surface area contributed by atoms with Crippen LogP contribution in [0.1, 0.15) is 5.56 Å². The molecule has 1 rings (SSSR count). The third-order valence-electron chi connectivity index (χ3n) is 1.75. The Morgan fingerprint density at radius 1 is 1.65 bits per heavy atom. The number of halogens is 1. The van der Waals surface area contributed by atoms with Gasteiger partial charge in [-0.1, -0.05) is 6.07 Å². The highest BCUT2D eigenvalue weighted by atomic mass is 19.1. The molecule has 0 heterocycles. The van der Waals surface area contributed by atoms with E-state index in [1.807, 2.05) is 0 Å². The zero-order valence-electron chi connectivity index (χ0n) is 9.26. The van der Waals surface area contributed by atoms with Gasteiger partial charge < -0.3 is 5.01 Å². The molecule has 0 aromatic heterocycles. The topological polar surface area (TPSA) is 114 Å². The molecule has 0 fully saturated rings. The Balaban J connectivity index is 0.000000557. The minimum Gasteiger partial charge on any atom is -0.314 e. The fraction of sp³-hybridized carbons (Fsp3) is 0.222. The largest absolute Gasteiger partial charge is 0.314 e.